The zero-order chi connectivity index (χ0) is 13.2. The molecule has 0 radical (unpaired) electrons. The third kappa shape index (κ3) is 2.91. The van der Waals surface area contributed by atoms with E-state index in [1.807, 2.05) is 0 Å². The quantitative estimate of drug-likeness (QED) is 0.917. The number of aliphatic hydroxyl groups is 1. The second kappa shape index (κ2) is 5.49. The Labute approximate surface area is 121 Å². The van der Waals surface area contributed by atoms with E-state index in [4.69, 9.17) is 16.7 Å². The van der Waals surface area contributed by atoms with Gasteiger partial charge in [0.05, 0.1) is 18.2 Å². The van der Waals surface area contributed by atoms with Crippen LogP contribution in [0.5, 0.6) is 0 Å². The highest BCUT2D eigenvalue weighted by atomic mass is 35.5. The zero-order valence-corrected chi connectivity index (χ0v) is 12.0. The van der Waals surface area contributed by atoms with E-state index in [0.29, 0.717) is 11.1 Å². The van der Waals surface area contributed by atoms with Gasteiger partial charge in [-0.2, -0.15) is 0 Å². The standard InChI is InChI=1S/C14H15ClN2OS/c15-13-6-10(9-18)7-16-14(13)17(11-3-4-11)8-12-2-1-5-19-12/h1-2,5-7,11,18H,3-4,8-9H2. The van der Waals surface area contributed by atoms with Gasteiger partial charge in [0.15, 0.2) is 0 Å². The monoisotopic (exact) mass is 294 g/mol. The third-order valence-corrected chi connectivity index (χ3v) is 4.37. The number of rotatable bonds is 5. The summed E-state index contributed by atoms with van der Waals surface area (Å²) in [6.45, 7) is 0.828. The number of aromatic nitrogens is 1. The molecule has 1 aliphatic carbocycles. The number of aliphatic hydroxyl groups excluding tert-OH is 1. The number of pyridine rings is 1. The first-order chi connectivity index (χ1) is 9.28. The lowest BCUT2D eigenvalue weighted by molar-refractivity contribution is 0.281. The Morgan fingerprint density at radius 2 is 2.32 bits per heavy atom. The molecule has 0 aromatic carbocycles. The Balaban J connectivity index is 1.87. The summed E-state index contributed by atoms with van der Waals surface area (Å²) in [5, 5.41) is 11.8. The molecule has 1 fully saturated rings. The van der Waals surface area contributed by atoms with Gasteiger partial charge in [-0.15, -0.1) is 11.3 Å². The third-order valence-electron chi connectivity index (χ3n) is 3.23. The fourth-order valence-corrected chi connectivity index (χ4v) is 3.10. The Hall–Kier alpha value is -1.10. The predicted molar refractivity (Wildman–Crippen MR) is 78.7 cm³/mol. The van der Waals surface area contributed by atoms with Gasteiger partial charge in [0.1, 0.15) is 5.82 Å². The maximum atomic E-state index is 9.11. The number of hydrogen-bond acceptors (Lipinski definition) is 4. The minimum absolute atomic E-state index is 0.0264. The number of nitrogens with zero attached hydrogens (tertiary/aromatic N) is 2. The fourth-order valence-electron chi connectivity index (χ4n) is 2.10. The lowest BCUT2D eigenvalue weighted by Crippen LogP contribution is -2.25. The molecule has 5 heteroatoms. The maximum Gasteiger partial charge on any atom is 0.147 e. The van der Waals surface area contributed by atoms with Gasteiger partial charge in [-0.05, 0) is 35.9 Å². The smallest absolute Gasteiger partial charge is 0.147 e. The predicted octanol–water partition coefficient (Wildman–Crippen LogP) is 3.46. The second-order valence-electron chi connectivity index (χ2n) is 4.75. The van der Waals surface area contributed by atoms with E-state index in [1.165, 1.54) is 17.7 Å². The van der Waals surface area contributed by atoms with E-state index in [0.717, 1.165) is 17.9 Å². The molecule has 100 valence electrons. The van der Waals surface area contributed by atoms with Gasteiger partial charge in [0.25, 0.3) is 0 Å². The highest BCUT2D eigenvalue weighted by Crippen LogP contribution is 2.36. The van der Waals surface area contributed by atoms with E-state index < -0.39 is 0 Å². The van der Waals surface area contributed by atoms with Crippen molar-refractivity contribution in [2.45, 2.75) is 32.0 Å². The molecule has 0 spiro atoms. The van der Waals surface area contributed by atoms with Crippen LogP contribution >= 0.6 is 22.9 Å². The van der Waals surface area contributed by atoms with Crippen molar-refractivity contribution in [1.29, 1.82) is 0 Å². The average Bonchev–Trinajstić information content (AvgIpc) is 3.14. The first-order valence-electron chi connectivity index (χ1n) is 6.32. The van der Waals surface area contributed by atoms with Crippen LogP contribution in [-0.4, -0.2) is 16.1 Å². The van der Waals surface area contributed by atoms with Crippen molar-refractivity contribution in [2.75, 3.05) is 4.90 Å². The molecule has 0 amide bonds. The minimum atomic E-state index is -0.0264. The Kier molecular flexibility index (Phi) is 3.73. The van der Waals surface area contributed by atoms with Gasteiger partial charge >= 0.3 is 0 Å². The summed E-state index contributed by atoms with van der Waals surface area (Å²) >= 11 is 8.06. The average molecular weight is 295 g/mol. The van der Waals surface area contributed by atoms with Crippen molar-refractivity contribution in [3.8, 4) is 0 Å². The lowest BCUT2D eigenvalue weighted by atomic mass is 10.3. The molecule has 0 saturated heterocycles. The first-order valence-corrected chi connectivity index (χ1v) is 7.58. The van der Waals surface area contributed by atoms with Crippen LogP contribution in [0.1, 0.15) is 23.3 Å². The second-order valence-corrected chi connectivity index (χ2v) is 6.18. The zero-order valence-electron chi connectivity index (χ0n) is 10.4. The molecule has 2 heterocycles. The summed E-state index contributed by atoms with van der Waals surface area (Å²) in [4.78, 5) is 8.02. The van der Waals surface area contributed by atoms with Crippen LogP contribution in [0, 0.1) is 0 Å². The fraction of sp³-hybridized carbons (Fsp3) is 0.357. The summed E-state index contributed by atoms with van der Waals surface area (Å²) in [5.41, 5.74) is 0.751. The van der Waals surface area contributed by atoms with Crippen molar-refractivity contribution >= 4 is 28.8 Å². The van der Waals surface area contributed by atoms with Gasteiger partial charge < -0.3 is 10.0 Å². The molecule has 19 heavy (non-hydrogen) atoms. The number of halogens is 1. The molecule has 1 N–H and O–H groups in total. The molecule has 0 unspecified atom stereocenters. The molecule has 2 aromatic rings. The molecular weight excluding hydrogens is 280 g/mol. The van der Waals surface area contributed by atoms with Crippen molar-refractivity contribution in [2.24, 2.45) is 0 Å². The molecule has 0 bridgehead atoms. The molecular formula is C14H15ClN2OS. The molecule has 3 rings (SSSR count). The number of thiophene rings is 1. The van der Waals surface area contributed by atoms with Crippen LogP contribution in [-0.2, 0) is 13.2 Å². The van der Waals surface area contributed by atoms with Gasteiger partial charge in [0.2, 0.25) is 0 Å². The Morgan fingerprint density at radius 1 is 1.47 bits per heavy atom. The van der Waals surface area contributed by atoms with Crippen molar-refractivity contribution in [3.63, 3.8) is 0 Å². The summed E-state index contributed by atoms with van der Waals surface area (Å²) in [7, 11) is 0. The molecule has 2 aromatic heterocycles. The van der Waals surface area contributed by atoms with E-state index >= 15 is 0 Å². The first kappa shape index (κ1) is 12.9. The molecule has 0 aliphatic heterocycles. The van der Waals surface area contributed by atoms with Gasteiger partial charge in [0, 0.05) is 17.1 Å². The minimum Gasteiger partial charge on any atom is -0.392 e. The van der Waals surface area contributed by atoms with E-state index in [9.17, 15) is 0 Å². The van der Waals surface area contributed by atoms with E-state index in [-0.39, 0.29) is 6.61 Å². The number of hydrogen-bond donors (Lipinski definition) is 1. The van der Waals surface area contributed by atoms with Crippen LogP contribution in [0.4, 0.5) is 5.82 Å². The van der Waals surface area contributed by atoms with E-state index in [2.05, 4.69) is 27.4 Å². The largest absolute Gasteiger partial charge is 0.392 e. The van der Waals surface area contributed by atoms with Crippen LogP contribution in [0.25, 0.3) is 0 Å². The molecule has 0 atom stereocenters. The van der Waals surface area contributed by atoms with Gasteiger partial charge in [-0.3, -0.25) is 0 Å². The molecule has 1 saturated carbocycles. The van der Waals surface area contributed by atoms with Crippen LogP contribution in [0.15, 0.2) is 29.8 Å². The van der Waals surface area contributed by atoms with Crippen molar-refractivity contribution in [1.82, 2.24) is 4.98 Å². The Bertz CT molecular complexity index is 555. The molecule has 3 nitrogen and oxygen atoms in total. The highest BCUT2D eigenvalue weighted by Gasteiger charge is 2.31. The van der Waals surface area contributed by atoms with Gasteiger partial charge in [-0.1, -0.05) is 17.7 Å². The topological polar surface area (TPSA) is 36.4 Å². The summed E-state index contributed by atoms with van der Waals surface area (Å²) in [6, 6.07) is 6.55. The van der Waals surface area contributed by atoms with Gasteiger partial charge in [-0.25, -0.2) is 4.98 Å². The maximum absolute atomic E-state index is 9.11. The summed E-state index contributed by atoms with van der Waals surface area (Å²) in [6.07, 6.45) is 4.10. The van der Waals surface area contributed by atoms with Crippen LogP contribution in [0.2, 0.25) is 5.02 Å². The summed E-state index contributed by atoms with van der Waals surface area (Å²) < 4.78 is 0. The lowest BCUT2D eigenvalue weighted by Gasteiger charge is -2.24. The SMILES string of the molecule is OCc1cnc(N(Cc2cccs2)C2CC2)c(Cl)c1. The van der Waals surface area contributed by atoms with Crippen molar-refractivity contribution in [3.05, 3.63) is 45.2 Å². The van der Waals surface area contributed by atoms with Crippen LogP contribution < -0.4 is 4.90 Å². The Morgan fingerprint density at radius 3 is 2.89 bits per heavy atom. The normalized spacial score (nSPS) is 14.6. The van der Waals surface area contributed by atoms with Crippen molar-refractivity contribution < 1.29 is 5.11 Å². The highest BCUT2D eigenvalue weighted by molar-refractivity contribution is 7.09. The van der Waals surface area contributed by atoms with Crippen LogP contribution in [0.3, 0.4) is 0 Å². The number of anilines is 1. The summed E-state index contributed by atoms with van der Waals surface area (Å²) in [5.74, 6) is 0.828. The molecule has 1 aliphatic rings. The van der Waals surface area contributed by atoms with E-state index in [1.54, 1.807) is 23.6 Å².